The van der Waals surface area contributed by atoms with Gasteiger partial charge in [-0.05, 0) is 51.8 Å². The Hall–Kier alpha value is -1.16. The van der Waals surface area contributed by atoms with E-state index in [1.165, 1.54) is 0 Å². The Morgan fingerprint density at radius 3 is 2.70 bits per heavy atom. The van der Waals surface area contributed by atoms with Gasteiger partial charge in [0.15, 0.2) is 5.22 Å². The normalized spacial score (nSPS) is 10.9. The molecule has 3 rings (SSSR count). The molecule has 102 valence electrons. The molecular formula is C15H10BrCl2NO. The first kappa shape index (κ1) is 13.8. The summed E-state index contributed by atoms with van der Waals surface area (Å²) in [5.41, 5.74) is 2.70. The van der Waals surface area contributed by atoms with Crippen LogP contribution in [0.5, 0.6) is 0 Å². The summed E-state index contributed by atoms with van der Waals surface area (Å²) in [6.07, 6.45) is 0. The molecule has 0 amide bonds. The maximum atomic E-state index is 6.16. The van der Waals surface area contributed by atoms with E-state index in [1.54, 1.807) is 0 Å². The van der Waals surface area contributed by atoms with E-state index in [2.05, 4.69) is 21.2 Å². The smallest absolute Gasteiger partial charge is 0.199 e. The van der Waals surface area contributed by atoms with Gasteiger partial charge < -0.3 is 9.73 Å². The zero-order chi connectivity index (χ0) is 14.1. The van der Waals surface area contributed by atoms with Gasteiger partial charge in [0, 0.05) is 32.7 Å². The van der Waals surface area contributed by atoms with Crippen molar-refractivity contribution in [2.24, 2.45) is 0 Å². The fourth-order valence-corrected chi connectivity index (χ4v) is 3.12. The van der Waals surface area contributed by atoms with Gasteiger partial charge in [0.25, 0.3) is 0 Å². The monoisotopic (exact) mass is 369 g/mol. The van der Waals surface area contributed by atoms with Crippen LogP contribution in [0.2, 0.25) is 10.2 Å². The van der Waals surface area contributed by atoms with E-state index in [0.717, 1.165) is 26.7 Å². The Morgan fingerprint density at radius 2 is 1.90 bits per heavy atom. The van der Waals surface area contributed by atoms with Crippen LogP contribution in [-0.4, -0.2) is 0 Å². The first-order valence-electron chi connectivity index (χ1n) is 6.00. The van der Waals surface area contributed by atoms with E-state index in [0.29, 0.717) is 16.8 Å². The van der Waals surface area contributed by atoms with Gasteiger partial charge in [-0.15, -0.1) is 0 Å². The zero-order valence-corrected chi connectivity index (χ0v) is 13.4. The summed E-state index contributed by atoms with van der Waals surface area (Å²) in [5, 5.41) is 5.46. The van der Waals surface area contributed by atoms with Crippen molar-refractivity contribution in [3.8, 4) is 0 Å². The molecule has 20 heavy (non-hydrogen) atoms. The Bertz CT molecular complexity index is 770. The third-order valence-corrected chi connectivity index (χ3v) is 4.23. The quantitative estimate of drug-likeness (QED) is 0.601. The molecule has 1 aromatic heterocycles. The molecule has 1 heterocycles. The summed E-state index contributed by atoms with van der Waals surface area (Å²) in [6.45, 7) is 0.579. The predicted molar refractivity (Wildman–Crippen MR) is 87.7 cm³/mol. The second-order valence-electron chi connectivity index (χ2n) is 4.33. The highest BCUT2D eigenvalue weighted by Crippen LogP contribution is 2.31. The summed E-state index contributed by atoms with van der Waals surface area (Å²) >= 11 is 15.6. The van der Waals surface area contributed by atoms with E-state index in [4.69, 9.17) is 27.6 Å². The second kappa shape index (κ2) is 5.68. The summed E-state index contributed by atoms with van der Waals surface area (Å²) < 4.78 is 6.44. The Labute approximate surface area is 134 Å². The lowest BCUT2D eigenvalue weighted by Crippen LogP contribution is -1.99. The highest BCUT2D eigenvalue weighted by molar-refractivity contribution is 9.10. The summed E-state index contributed by atoms with van der Waals surface area (Å²) in [7, 11) is 0. The fourth-order valence-electron chi connectivity index (χ4n) is 2.05. The van der Waals surface area contributed by atoms with Crippen molar-refractivity contribution in [3.05, 3.63) is 62.7 Å². The molecule has 2 nitrogen and oxygen atoms in total. The van der Waals surface area contributed by atoms with Gasteiger partial charge in [0.1, 0.15) is 5.58 Å². The van der Waals surface area contributed by atoms with Crippen LogP contribution in [-0.2, 0) is 6.54 Å². The molecule has 0 radical (unpaired) electrons. The molecule has 0 aliphatic heterocycles. The largest absolute Gasteiger partial charge is 0.444 e. The molecule has 0 bridgehead atoms. The number of hydrogen-bond acceptors (Lipinski definition) is 2. The Morgan fingerprint density at radius 1 is 1.10 bits per heavy atom. The average molecular weight is 371 g/mol. The number of anilines is 1. The molecule has 2 aromatic carbocycles. The van der Waals surface area contributed by atoms with Gasteiger partial charge >= 0.3 is 0 Å². The Balaban J connectivity index is 1.88. The van der Waals surface area contributed by atoms with Crippen molar-refractivity contribution < 1.29 is 4.42 Å². The first-order valence-corrected chi connectivity index (χ1v) is 7.55. The molecule has 0 aliphatic rings. The highest BCUT2D eigenvalue weighted by atomic mass is 79.9. The number of rotatable bonds is 3. The molecule has 0 aliphatic carbocycles. The van der Waals surface area contributed by atoms with E-state index in [-0.39, 0.29) is 0 Å². The molecule has 5 heteroatoms. The van der Waals surface area contributed by atoms with Crippen molar-refractivity contribution >= 4 is 55.8 Å². The lowest BCUT2D eigenvalue weighted by molar-refractivity contribution is 0.613. The van der Waals surface area contributed by atoms with Crippen molar-refractivity contribution in [2.45, 2.75) is 6.54 Å². The van der Waals surface area contributed by atoms with Crippen LogP contribution in [0, 0.1) is 0 Å². The molecule has 0 saturated heterocycles. The number of para-hydroxylation sites is 1. The number of nitrogens with one attached hydrogen (secondary N) is 1. The maximum absolute atomic E-state index is 6.16. The molecule has 0 spiro atoms. The second-order valence-corrected chi connectivity index (χ2v) is 5.96. The number of fused-ring (bicyclic) bond motifs is 1. The van der Waals surface area contributed by atoms with E-state index < -0.39 is 0 Å². The fraction of sp³-hybridized carbons (Fsp3) is 0.0667. The maximum Gasteiger partial charge on any atom is 0.199 e. The number of hydrogen-bond donors (Lipinski definition) is 1. The van der Waals surface area contributed by atoms with Crippen LogP contribution in [0.15, 0.2) is 51.4 Å². The zero-order valence-electron chi connectivity index (χ0n) is 10.3. The molecule has 0 saturated carbocycles. The van der Waals surface area contributed by atoms with E-state index in [9.17, 15) is 0 Å². The third kappa shape index (κ3) is 2.66. The SMILES string of the molecule is Clc1ccc(NCc2c(Cl)oc3ccccc23)c(Br)c1. The van der Waals surface area contributed by atoms with Crippen LogP contribution >= 0.6 is 39.1 Å². The third-order valence-electron chi connectivity index (χ3n) is 3.04. The van der Waals surface area contributed by atoms with Gasteiger partial charge in [0.05, 0.1) is 0 Å². The summed E-state index contributed by atoms with van der Waals surface area (Å²) in [5.74, 6) is 0. The highest BCUT2D eigenvalue weighted by Gasteiger charge is 2.12. The van der Waals surface area contributed by atoms with Crippen molar-refractivity contribution in [1.82, 2.24) is 0 Å². The van der Waals surface area contributed by atoms with Crippen molar-refractivity contribution in [2.75, 3.05) is 5.32 Å². The molecule has 1 N–H and O–H groups in total. The topological polar surface area (TPSA) is 25.2 Å². The van der Waals surface area contributed by atoms with Gasteiger partial charge in [-0.3, -0.25) is 0 Å². The van der Waals surface area contributed by atoms with E-state index >= 15 is 0 Å². The standard InChI is InChI=1S/C15H10BrCl2NO/c16-12-7-9(17)5-6-13(12)19-8-11-10-3-1-2-4-14(10)20-15(11)18/h1-7,19H,8H2. The van der Waals surface area contributed by atoms with Crippen LogP contribution in [0.1, 0.15) is 5.56 Å². The molecule has 3 aromatic rings. The van der Waals surface area contributed by atoms with Gasteiger partial charge in [-0.2, -0.15) is 0 Å². The number of benzene rings is 2. The van der Waals surface area contributed by atoms with Crippen molar-refractivity contribution in [3.63, 3.8) is 0 Å². The van der Waals surface area contributed by atoms with E-state index in [1.807, 2.05) is 42.5 Å². The summed E-state index contributed by atoms with van der Waals surface area (Å²) in [6, 6.07) is 13.4. The minimum absolute atomic E-state index is 0.420. The first-order chi connectivity index (χ1) is 9.65. The summed E-state index contributed by atoms with van der Waals surface area (Å²) in [4.78, 5) is 0. The van der Waals surface area contributed by atoms with Crippen LogP contribution < -0.4 is 5.32 Å². The minimum Gasteiger partial charge on any atom is -0.444 e. The molecular weight excluding hydrogens is 361 g/mol. The minimum atomic E-state index is 0.420. The van der Waals surface area contributed by atoms with Crippen LogP contribution in [0.25, 0.3) is 11.0 Å². The van der Waals surface area contributed by atoms with Crippen LogP contribution in [0.3, 0.4) is 0 Å². The molecule has 0 unspecified atom stereocenters. The van der Waals surface area contributed by atoms with Crippen molar-refractivity contribution in [1.29, 1.82) is 0 Å². The average Bonchev–Trinajstić information content (AvgIpc) is 2.74. The predicted octanol–water partition coefficient (Wildman–Crippen LogP) is 6.11. The lowest BCUT2D eigenvalue weighted by Gasteiger charge is -2.08. The van der Waals surface area contributed by atoms with Gasteiger partial charge in [-0.25, -0.2) is 0 Å². The molecule has 0 fully saturated rings. The molecule has 0 atom stereocenters. The van der Waals surface area contributed by atoms with Gasteiger partial charge in [0.2, 0.25) is 0 Å². The number of halogens is 3. The number of furan rings is 1. The van der Waals surface area contributed by atoms with Crippen LogP contribution in [0.4, 0.5) is 5.69 Å². The van der Waals surface area contributed by atoms with Gasteiger partial charge in [-0.1, -0.05) is 29.8 Å². The Kier molecular flexibility index (Phi) is 3.92. The lowest BCUT2D eigenvalue weighted by atomic mass is 10.2.